The molecule has 154 valence electrons. The van der Waals surface area contributed by atoms with Crippen molar-refractivity contribution in [3.8, 4) is 28.3 Å². The van der Waals surface area contributed by atoms with Gasteiger partial charge in [-0.1, -0.05) is 53.7 Å². The molecule has 6 heteroatoms. The number of hydrogen-bond donors (Lipinski definition) is 1. The van der Waals surface area contributed by atoms with E-state index in [1.807, 2.05) is 60.7 Å². The third-order valence-corrected chi connectivity index (χ3v) is 5.40. The first kappa shape index (κ1) is 19.1. The Kier molecular flexibility index (Phi) is 4.96. The fourth-order valence-electron chi connectivity index (χ4n) is 3.90. The fourth-order valence-corrected chi connectivity index (χ4v) is 3.90. The first-order chi connectivity index (χ1) is 15.2. The highest BCUT2D eigenvalue weighted by Gasteiger charge is 2.28. The molecule has 0 saturated carbocycles. The fraction of sp³-hybridized carbons (Fsp3) is 0.160. The number of hydrogen-bond acceptors (Lipinski definition) is 5. The molecule has 1 atom stereocenters. The normalized spacial score (nSPS) is 14.7. The van der Waals surface area contributed by atoms with E-state index in [9.17, 15) is 4.79 Å². The van der Waals surface area contributed by atoms with Crippen molar-refractivity contribution in [3.63, 3.8) is 0 Å². The summed E-state index contributed by atoms with van der Waals surface area (Å²) >= 11 is 0. The molecule has 4 aromatic rings. The standard InChI is InChI=1S/C25H21N3O3/c1-16-22(23(28-31-16)17-8-3-2-4-9-17)25(29)27-15-19-14-18-10-7-11-20(24(18)30-19)21-12-5-6-13-26-21/h2-13,19H,14-15H2,1H3,(H,27,29). The van der Waals surface area contributed by atoms with E-state index in [0.29, 0.717) is 23.6 Å². The van der Waals surface area contributed by atoms with Crippen molar-refractivity contribution in [3.05, 3.63) is 89.8 Å². The highest BCUT2D eigenvalue weighted by Crippen LogP contribution is 2.37. The van der Waals surface area contributed by atoms with Gasteiger partial charge in [-0.15, -0.1) is 0 Å². The number of ether oxygens (including phenoxy) is 1. The van der Waals surface area contributed by atoms with Gasteiger partial charge in [0.05, 0.1) is 12.2 Å². The average molecular weight is 411 g/mol. The van der Waals surface area contributed by atoms with E-state index in [4.69, 9.17) is 9.26 Å². The predicted octanol–water partition coefficient (Wildman–Crippen LogP) is 4.45. The molecular weight excluding hydrogens is 390 g/mol. The van der Waals surface area contributed by atoms with Crippen LogP contribution in [0.3, 0.4) is 0 Å². The number of aromatic nitrogens is 2. The lowest BCUT2D eigenvalue weighted by atomic mass is 10.0. The Bertz CT molecular complexity index is 1220. The number of para-hydroxylation sites is 1. The summed E-state index contributed by atoms with van der Waals surface area (Å²) in [7, 11) is 0. The Hall–Kier alpha value is -3.93. The summed E-state index contributed by atoms with van der Waals surface area (Å²) in [4.78, 5) is 17.4. The van der Waals surface area contributed by atoms with Gasteiger partial charge in [0.25, 0.3) is 5.91 Å². The third kappa shape index (κ3) is 3.68. The van der Waals surface area contributed by atoms with Crippen LogP contribution in [0.15, 0.2) is 77.4 Å². The van der Waals surface area contributed by atoms with Crippen molar-refractivity contribution in [1.29, 1.82) is 0 Å². The monoisotopic (exact) mass is 411 g/mol. The smallest absolute Gasteiger partial charge is 0.257 e. The van der Waals surface area contributed by atoms with Gasteiger partial charge < -0.3 is 14.6 Å². The van der Waals surface area contributed by atoms with Crippen molar-refractivity contribution >= 4 is 5.91 Å². The maximum Gasteiger partial charge on any atom is 0.257 e. The molecule has 0 saturated heterocycles. The molecular formula is C25H21N3O3. The topological polar surface area (TPSA) is 77.3 Å². The van der Waals surface area contributed by atoms with Crippen LogP contribution in [0.1, 0.15) is 21.7 Å². The summed E-state index contributed by atoms with van der Waals surface area (Å²) in [5.41, 5.74) is 4.80. The van der Waals surface area contributed by atoms with E-state index >= 15 is 0 Å². The zero-order valence-electron chi connectivity index (χ0n) is 17.0. The highest BCUT2D eigenvalue weighted by atomic mass is 16.5. The highest BCUT2D eigenvalue weighted by molar-refractivity contribution is 6.00. The lowest BCUT2D eigenvalue weighted by Crippen LogP contribution is -2.34. The minimum atomic E-state index is -0.220. The lowest BCUT2D eigenvalue weighted by Gasteiger charge is -2.13. The second-order valence-corrected chi connectivity index (χ2v) is 7.49. The summed E-state index contributed by atoms with van der Waals surface area (Å²) in [5, 5.41) is 7.08. The maximum atomic E-state index is 13.0. The molecule has 2 aromatic heterocycles. The summed E-state index contributed by atoms with van der Waals surface area (Å²) in [6.45, 7) is 2.13. The number of nitrogens with zero attached hydrogens (tertiary/aromatic N) is 2. The van der Waals surface area contributed by atoms with Crippen LogP contribution < -0.4 is 10.1 Å². The first-order valence-electron chi connectivity index (χ1n) is 10.2. The van der Waals surface area contributed by atoms with Crippen LogP contribution in [0, 0.1) is 6.92 Å². The number of amides is 1. The Morgan fingerprint density at radius 1 is 1.06 bits per heavy atom. The molecule has 31 heavy (non-hydrogen) atoms. The largest absolute Gasteiger partial charge is 0.487 e. The van der Waals surface area contributed by atoms with Gasteiger partial charge >= 0.3 is 0 Å². The second kappa shape index (κ2) is 8.07. The van der Waals surface area contributed by atoms with Crippen molar-refractivity contribution in [2.45, 2.75) is 19.4 Å². The van der Waals surface area contributed by atoms with E-state index < -0.39 is 0 Å². The van der Waals surface area contributed by atoms with Gasteiger partial charge in [0.2, 0.25) is 0 Å². The SMILES string of the molecule is Cc1onc(-c2ccccc2)c1C(=O)NCC1Cc2cccc(-c3ccccn3)c2O1. The molecule has 0 fully saturated rings. The van der Waals surface area contributed by atoms with Crippen LogP contribution in [-0.4, -0.2) is 28.7 Å². The molecule has 6 nitrogen and oxygen atoms in total. The summed E-state index contributed by atoms with van der Waals surface area (Å²) in [5.74, 6) is 1.11. The molecule has 0 radical (unpaired) electrons. The summed E-state index contributed by atoms with van der Waals surface area (Å²) in [6, 6.07) is 21.4. The maximum absolute atomic E-state index is 13.0. The lowest BCUT2D eigenvalue weighted by molar-refractivity contribution is 0.0932. The second-order valence-electron chi connectivity index (χ2n) is 7.49. The van der Waals surface area contributed by atoms with Gasteiger partial charge in [0.15, 0.2) is 0 Å². The van der Waals surface area contributed by atoms with Crippen molar-refractivity contribution in [2.24, 2.45) is 0 Å². The zero-order valence-corrected chi connectivity index (χ0v) is 17.0. The molecule has 2 aromatic carbocycles. The Morgan fingerprint density at radius 2 is 1.90 bits per heavy atom. The van der Waals surface area contributed by atoms with Crippen LogP contribution in [0.2, 0.25) is 0 Å². The number of pyridine rings is 1. The minimum absolute atomic E-state index is 0.149. The summed E-state index contributed by atoms with van der Waals surface area (Å²) < 4.78 is 11.5. The van der Waals surface area contributed by atoms with E-state index in [-0.39, 0.29) is 12.0 Å². The molecule has 0 bridgehead atoms. The predicted molar refractivity (Wildman–Crippen MR) is 117 cm³/mol. The Labute approximate surface area is 179 Å². The van der Waals surface area contributed by atoms with Crippen LogP contribution in [-0.2, 0) is 6.42 Å². The molecule has 3 heterocycles. The van der Waals surface area contributed by atoms with Crippen molar-refractivity contribution in [2.75, 3.05) is 6.54 Å². The van der Waals surface area contributed by atoms with Gasteiger partial charge in [-0.3, -0.25) is 9.78 Å². The number of carbonyl (C=O) groups is 1. The van der Waals surface area contributed by atoms with Crippen molar-refractivity contribution in [1.82, 2.24) is 15.5 Å². The number of rotatable bonds is 5. The molecule has 1 aliphatic heterocycles. The first-order valence-corrected chi connectivity index (χ1v) is 10.2. The van der Waals surface area contributed by atoms with E-state index in [1.165, 1.54) is 0 Å². The van der Waals surface area contributed by atoms with Crippen LogP contribution in [0.25, 0.3) is 22.5 Å². The number of nitrogens with one attached hydrogen (secondary N) is 1. The molecule has 1 unspecified atom stereocenters. The number of benzene rings is 2. The molecule has 1 N–H and O–H groups in total. The minimum Gasteiger partial charge on any atom is -0.487 e. The van der Waals surface area contributed by atoms with Crippen LogP contribution in [0.5, 0.6) is 5.75 Å². The van der Waals surface area contributed by atoms with Gasteiger partial charge in [-0.05, 0) is 30.7 Å². The van der Waals surface area contributed by atoms with Gasteiger partial charge in [-0.25, -0.2) is 0 Å². The molecule has 0 spiro atoms. The number of fused-ring (bicyclic) bond motifs is 1. The molecule has 1 aliphatic rings. The van der Waals surface area contributed by atoms with Gasteiger partial charge in [0.1, 0.15) is 28.9 Å². The Balaban J connectivity index is 1.31. The molecule has 1 amide bonds. The van der Waals surface area contributed by atoms with Gasteiger partial charge in [-0.2, -0.15) is 0 Å². The number of aryl methyl sites for hydroxylation is 1. The quantitative estimate of drug-likeness (QED) is 0.525. The molecule has 5 rings (SSSR count). The number of carbonyl (C=O) groups excluding carboxylic acids is 1. The Morgan fingerprint density at radius 3 is 2.71 bits per heavy atom. The third-order valence-electron chi connectivity index (χ3n) is 5.40. The van der Waals surface area contributed by atoms with E-state index in [0.717, 1.165) is 34.6 Å². The van der Waals surface area contributed by atoms with Crippen LogP contribution in [0.4, 0.5) is 0 Å². The molecule has 0 aliphatic carbocycles. The van der Waals surface area contributed by atoms with E-state index in [1.54, 1.807) is 13.1 Å². The van der Waals surface area contributed by atoms with Crippen molar-refractivity contribution < 1.29 is 14.1 Å². The van der Waals surface area contributed by atoms with E-state index in [2.05, 4.69) is 21.5 Å². The van der Waals surface area contributed by atoms with Gasteiger partial charge in [0, 0.05) is 23.7 Å². The summed E-state index contributed by atoms with van der Waals surface area (Å²) in [6.07, 6.45) is 2.35. The zero-order chi connectivity index (χ0) is 21.2. The average Bonchev–Trinajstić information content (AvgIpc) is 3.41. The van der Waals surface area contributed by atoms with Crippen LogP contribution >= 0.6 is 0 Å².